The normalized spacial score (nSPS) is 14.2. The summed E-state index contributed by atoms with van der Waals surface area (Å²) in [4.78, 5) is 34.0. The highest BCUT2D eigenvalue weighted by Gasteiger charge is 2.41. The Morgan fingerprint density at radius 2 is 0.594 bits per heavy atom. The second-order valence-corrected chi connectivity index (χ2v) is 16.1. The van der Waals surface area contributed by atoms with E-state index in [9.17, 15) is 0 Å². The summed E-state index contributed by atoms with van der Waals surface area (Å²) in [7, 11) is 0. The van der Waals surface area contributed by atoms with Gasteiger partial charge in [-0.2, -0.15) is 0 Å². The van der Waals surface area contributed by atoms with Crippen LogP contribution in [0, 0.1) is 6.57 Å². The topological polar surface area (TPSA) is 81.7 Å². The van der Waals surface area contributed by atoms with Gasteiger partial charge >= 0.3 is 0 Å². The fourth-order valence-corrected chi connectivity index (χ4v) is 9.35. The fourth-order valence-electron chi connectivity index (χ4n) is 9.35. The molecule has 7 nitrogen and oxygen atoms in total. The molecular formula is C57H35N7. The van der Waals surface area contributed by atoms with Gasteiger partial charge in [0, 0.05) is 45.2 Å². The Hall–Kier alpha value is -8.73. The van der Waals surface area contributed by atoms with Crippen LogP contribution in [-0.4, -0.2) is 29.9 Å². The molecule has 3 aliphatic rings. The van der Waals surface area contributed by atoms with E-state index in [2.05, 4.69) is 77.6 Å². The van der Waals surface area contributed by atoms with E-state index in [0.717, 1.165) is 44.5 Å². The minimum Gasteiger partial charge on any atom is -0.238 e. The van der Waals surface area contributed by atoms with Crippen LogP contribution in [0.4, 0.5) is 5.69 Å². The molecule has 2 aromatic heterocycles. The Morgan fingerprint density at radius 1 is 0.266 bits per heavy atom. The van der Waals surface area contributed by atoms with Gasteiger partial charge in [-0.3, -0.25) is 0 Å². The first-order valence-electron chi connectivity index (χ1n) is 21.3. The maximum absolute atomic E-state index is 7.38. The minimum atomic E-state index is 0.0131. The van der Waals surface area contributed by atoms with Crippen molar-refractivity contribution in [3.63, 3.8) is 0 Å². The molecular weight excluding hydrogens is 783 g/mol. The molecule has 0 saturated carbocycles. The van der Waals surface area contributed by atoms with E-state index < -0.39 is 0 Å². The van der Waals surface area contributed by atoms with Crippen molar-refractivity contribution in [1.29, 1.82) is 0 Å². The molecule has 0 aliphatic heterocycles. The molecule has 2 atom stereocenters. The van der Waals surface area contributed by atoms with Gasteiger partial charge in [-0.15, -0.1) is 0 Å². The summed E-state index contributed by atoms with van der Waals surface area (Å²) in [6, 6.07) is 68.6. The van der Waals surface area contributed by atoms with Crippen LogP contribution < -0.4 is 0 Å². The third kappa shape index (κ3) is 6.45. The van der Waals surface area contributed by atoms with Crippen LogP contribution >= 0.6 is 0 Å². The van der Waals surface area contributed by atoms with Gasteiger partial charge in [0.2, 0.25) is 0 Å². The summed E-state index contributed by atoms with van der Waals surface area (Å²) in [5.41, 5.74) is 15.9. The zero-order valence-corrected chi connectivity index (χ0v) is 34.3. The molecule has 2 bridgehead atoms. The summed E-state index contributed by atoms with van der Waals surface area (Å²) in [6.45, 7) is 7.38. The molecule has 7 heteroatoms. The van der Waals surface area contributed by atoms with Crippen molar-refractivity contribution >= 4 is 5.69 Å². The minimum absolute atomic E-state index is 0.0131. The number of hydrogen-bond donors (Lipinski definition) is 0. The Morgan fingerprint density at radius 3 is 1.02 bits per heavy atom. The molecule has 0 fully saturated rings. The van der Waals surface area contributed by atoms with Crippen LogP contribution in [0.1, 0.15) is 45.2 Å². The molecule has 13 rings (SSSR count). The van der Waals surface area contributed by atoms with E-state index in [4.69, 9.17) is 36.5 Å². The Kier molecular flexibility index (Phi) is 8.87. The number of hydrogen-bond acceptors (Lipinski definition) is 6. The number of rotatable bonds is 7. The van der Waals surface area contributed by atoms with Crippen molar-refractivity contribution in [3.8, 4) is 79.5 Å². The quantitative estimate of drug-likeness (QED) is 0.149. The number of aromatic nitrogens is 6. The van der Waals surface area contributed by atoms with Gasteiger partial charge in [-0.05, 0) is 62.7 Å². The zero-order valence-electron chi connectivity index (χ0n) is 34.3. The number of nitrogens with zero attached hydrogens (tertiary/aromatic N) is 7. The highest BCUT2D eigenvalue weighted by Crippen LogP contribution is 2.56. The second kappa shape index (κ2) is 15.3. The lowest BCUT2D eigenvalue weighted by atomic mass is 9.61. The van der Waals surface area contributed by atoms with Crippen molar-refractivity contribution in [3.05, 3.63) is 245 Å². The molecule has 0 spiro atoms. The lowest BCUT2D eigenvalue weighted by Gasteiger charge is -2.42. The first-order valence-corrected chi connectivity index (χ1v) is 21.3. The van der Waals surface area contributed by atoms with Crippen LogP contribution in [0.15, 0.2) is 200 Å². The number of benzene rings is 8. The van der Waals surface area contributed by atoms with E-state index in [1.807, 2.05) is 127 Å². The SMILES string of the molecule is [C-]#[N+]c1ccc(-c2cccc(-c3nc(-c4ccccc4)nc(-c4ccc5c(c4)C4c6ccccc6C5c5cc(-c6nc(-c7ccccc7)nc(-c7ccccc7)n6)ccc54)n3)c2)cc1. The summed E-state index contributed by atoms with van der Waals surface area (Å²) < 4.78 is 0. The van der Waals surface area contributed by atoms with Crippen molar-refractivity contribution < 1.29 is 0 Å². The van der Waals surface area contributed by atoms with E-state index in [1.165, 1.54) is 33.4 Å². The molecule has 0 saturated heterocycles. The molecule has 10 aromatic rings. The smallest absolute Gasteiger partial charge is 0.187 e. The van der Waals surface area contributed by atoms with Gasteiger partial charge in [-0.25, -0.2) is 34.7 Å². The molecule has 298 valence electrons. The summed E-state index contributed by atoms with van der Waals surface area (Å²) >= 11 is 0. The van der Waals surface area contributed by atoms with Crippen molar-refractivity contribution in [2.24, 2.45) is 0 Å². The predicted octanol–water partition coefficient (Wildman–Crippen LogP) is 13.3. The molecule has 8 aromatic carbocycles. The van der Waals surface area contributed by atoms with E-state index in [1.54, 1.807) is 0 Å². The summed E-state index contributed by atoms with van der Waals surface area (Å²) in [5, 5.41) is 0. The molecule has 0 radical (unpaired) electrons. The third-order valence-electron chi connectivity index (χ3n) is 12.4. The van der Waals surface area contributed by atoms with E-state index >= 15 is 0 Å². The lowest BCUT2D eigenvalue weighted by molar-refractivity contribution is 0.754. The average Bonchev–Trinajstić information content (AvgIpc) is 3.38. The van der Waals surface area contributed by atoms with Gasteiger partial charge in [0.15, 0.2) is 40.6 Å². The maximum atomic E-state index is 7.38. The van der Waals surface area contributed by atoms with Crippen LogP contribution in [-0.2, 0) is 0 Å². The van der Waals surface area contributed by atoms with Crippen LogP contribution in [0.3, 0.4) is 0 Å². The van der Waals surface area contributed by atoms with Crippen LogP contribution in [0.2, 0.25) is 0 Å². The van der Waals surface area contributed by atoms with Crippen LogP contribution in [0.5, 0.6) is 0 Å². The van der Waals surface area contributed by atoms with Gasteiger partial charge in [0.25, 0.3) is 0 Å². The average molecular weight is 818 g/mol. The third-order valence-corrected chi connectivity index (χ3v) is 12.4. The largest absolute Gasteiger partial charge is 0.238 e. The summed E-state index contributed by atoms with van der Waals surface area (Å²) in [5.74, 6) is 3.77. The zero-order chi connectivity index (χ0) is 42.6. The fraction of sp³-hybridized carbons (Fsp3) is 0.0351. The Bertz CT molecular complexity index is 3400. The van der Waals surface area contributed by atoms with Gasteiger partial charge in [0.1, 0.15) is 0 Å². The van der Waals surface area contributed by atoms with Gasteiger partial charge in [-0.1, -0.05) is 182 Å². The molecule has 3 aliphatic carbocycles. The Labute approximate surface area is 370 Å². The van der Waals surface area contributed by atoms with Crippen molar-refractivity contribution in [2.75, 3.05) is 0 Å². The van der Waals surface area contributed by atoms with Gasteiger partial charge < -0.3 is 0 Å². The van der Waals surface area contributed by atoms with Crippen molar-refractivity contribution in [1.82, 2.24) is 29.9 Å². The molecule has 2 heterocycles. The predicted molar refractivity (Wildman–Crippen MR) is 252 cm³/mol. The Balaban J connectivity index is 0.970. The first-order chi connectivity index (χ1) is 31.6. The standard InChI is InChI=1S/C57H35N7/c1-58-43-28-24-35(25-29-43)39-20-13-21-40(32-39)55-60-54(38-18-9-4-10-19-38)63-57(64-55)42-27-31-47-49(34-42)51-45-23-12-11-22-44(45)50(47)48-33-41(26-30-46(48)51)56-61-52(36-14-5-2-6-15-36)59-53(62-56)37-16-7-3-8-17-37/h2-34,50-51H. The highest BCUT2D eigenvalue weighted by molar-refractivity contribution is 5.77. The lowest BCUT2D eigenvalue weighted by Crippen LogP contribution is -2.27. The van der Waals surface area contributed by atoms with E-state index in [0.29, 0.717) is 40.6 Å². The molecule has 2 unspecified atom stereocenters. The van der Waals surface area contributed by atoms with Gasteiger partial charge in [0.05, 0.1) is 6.57 Å². The van der Waals surface area contributed by atoms with Crippen molar-refractivity contribution in [2.45, 2.75) is 11.8 Å². The molecule has 0 N–H and O–H groups in total. The van der Waals surface area contributed by atoms with E-state index in [-0.39, 0.29) is 11.8 Å². The maximum Gasteiger partial charge on any atom is 0.187 e. The first kappa shape index (κ1) is 37.1. The van der Waals surface area contributed by atoms with Crippen LogP contribution in [0.25, 0.3) is 84.3 Å². The summed E-state index contributed by atoms with van der Waals surface area (Å²) in [6.07, 6.45) is 0. The molecule has 0 amide bonds. The highest BCUT2D eigenvalue weighted by atomic mass is 15.0. The molecule has 64 heavy (non-hydrogen) atoms. The second-order valence-electron chi connectivity index (χ2n) is 16.1. The monoisotopic (exact) mass is 817 g/mol.